The summed E-state index contributed by atoms with van der Waals surface area (Å²) in [5.74, 6) is 0.309. The van der Waals surface area contributed by atoms with Crippen molar-refractivity contribution in [2.45, 2.75) is 0 Å². The van der Waals surface area contributed by atoms with Crippen molar-refractivity contribution in [3.63, 3.8) is 0 Å². The summed E-state index contributed by atoms with van der Waals surface area (Å²) in [6.45, 7) is -0.307. The molecule has 0 unspecified atom stereocenters. The molecule has 0 fully saturated rings. The highest BCUT2D eigenvalue weighted by atomic mass is 16.2. The number of urea groups is 2. The molecular formula is C15H13N4O3. The van der Waals surface area contributed by atoms with Gasteiger partial charge < -0.3 is 5.32 Å². The average Bonchev–Trinajstić information content (AvgIpc) is 2.55. The first-order valence-corrected chi connectivity index (χ1v) is 6.42. The van der Waals surface area contributed by atoms with Crippen LogP contribution >= 0.6 is 0 Å². The van der Waals surface area contributed by atoms with Crippen LogP contribution in [0.4, 0.5) is 21.1 Å². The van der Waals surface area contributed by atoms with Crippen molar-refractivity contribution in [3.05, 3.63) is 54.7 Å². The second-order valence-corrected chi connectivity index (χ2v) is 4.12. The van der Waals surface area contributed by atoms with Gasteiger partial charge in [-0.2, -0.15) is 0 Å². The third-order valence-corrected chi connectivity index (χ3v) is 2.63. The largest absolute Gasteiger partial charge is 0.335 e. The number of rotatable bonds is 4. The number of aromatic nitrogens is 1. The van der Waals surface area contributed by atoms with Crippen LogP contribution in [0.2, 0.25) is 0 Å². The monoisotopic (exact) mass is 297 g/mol. The third-order valence-electron chi connectivity index (χ3n) is 2.63. The SMILES string of the molecule is O=[C]CNC(=O)N(C(=O)Nc1ccccn1)c1ccccc1. The Hall–Kier alpha value is -3.22. The van der Waals surface area contributed by atoms with Gasteiger partial charge >= 0.3 is 12.1 Å². The van der Waals surface area contributed by atoms with Crippen molar-refractivity contribution in [1.82, 2.24) is 10.3 Å². The molecule has 7 nitrogen and oxygen atoms in total. The molecule has 0 saturated heterocycles. The molecule has 0 atom stereocenters. The van der Waals surface area contributed by atoms with Gasteiger partial charge in [0, 0.05) is 6.20 Å². The minimum absolute atomic E-state index is 0.307. The molecule has 1 heterocycles. The molecule has 1 aromatic carbocycles. The van der Waals surface area contributed by atoms with Crippen molar-refractivity contribution in [3.8, 4) is 0 Å². The zero-order chi connectivity index (χ0) is 15.8. The van der Waals surface area contributed by atoms with Gasteiger partial charge in [-0.1, -0.05) is 24.3 Å². The Morgan fingerprint density at radius 2 is 1.77 bits per heavy atom. The Kier molecular flexibility index (Phi) is 5.20. The van der Waals surface area contributed by atoms with Gasteiger partial charge in [-0.25, -0.2) is 19.5 Å². The van der Waals surface area contributed by atoms with Crippen molar-refractivity contribution in [2.24, 2.45) is 0 Å². The van der Waals surface area contributed by atoms with E-state index in [1.54, 1.807) is 54.8 Å². The third kappa shape index (κ3) is 3.89. The van der Waals surface area contributed by atoms with Gasteiger partial charge in [0.05, 0.1) is 12.2 Å². The van der Waals surface area contributed by atoms with Crippen LogP contribution in [0, 0.1) is 0 Å². The summed E-state index contributed by atoms with van der Waals surface area (Å²) >= 11 is 0. The molecule has 111 valence electrons. The van der Waals surface area contributed by atoms with E-state index in [9.17, 15) is 14.4 Å². The first-order valence-electron chi connectivity index (χ1n) is 6.42. The van der Waals surface area contributed by atoms with Crippen LogP contribution in [0.15, 0.2) is 54.7 Å². The molecule has 0 aliphatic rings. The Labute approximate surface area is 127 Å². The lowest BCUT2D eigenvalue weighted by Gasteiger charge is -2.21. The molecule has 1 radical (unpaired) electrons. The van der Waals surface area contributed by atoms with Crippen molar-refractivity contribution in [1.29, 1.82) is 0 Å². The van der Waals surface area contributed by atoms with E-state index in [1.165, 1.54) is 6.20 Å². The maximum atomic E-state index is 12.3. The van der Waals surface area contributed by atoms with Crippen LogP contribution in [-0.4, -0.2) is 29.9 Å². The molecule has 0 saturated carbocycles. The molecule has 7 heteroatoms. The number of para-hydroxylation sites is 1. The van der Waals surface area contributed by atoms with E-state index in [1.807, 2.05) is 0 Å². The summed E-state index contributed by atoms with van der Waals surface area (Å²) in [4.78, 5) is 39.5. The van der Waals surface area contributed by atoms with Crippen LogP contribution < -0.4 is 15.5 Å². The second kappa shape index (κ2) is 7.53. The number of anilines is 2. The lowest BCUT2D eigenvalue weighted by molar-refractivity contribution is 0.240. The fourth-order valence-corrected chi connectivity index (χ4v) is 1.70. The van der Waals surface area contributed by atoms with Crippen LogP contribution in [0.3, 0.4) is 0 Å². The zero-order valence-corrected chi connectivity index (χ0v) is 11.5. The van der Waals surface area contributed by atoms with Crippen molar-refractivity contribution in [2.75, 3.05) is 16.8 Å². The molecule has 0 spiro atoms. The number of amides is 4. The van der Waals surface area contributed by atoms with Crippen molar-refractivity contribution >= 4 is 29.9 Å². The summed E-state index contributed by atoms with van der Waals surface area (Å²) in [5.41, 5.74) is 0.360. The Morgan fingerprint density at radius 3 is 2.41 bits per heavy atom. The fourth-order valence-electron chi connectivity index (χ4n) is 1.70. The van der Waals surface area contributed by atoms with E-state index in [0.717, 1.165) is 4.90 Å². The summed E-state index contributed by atoms with van der Waals surface area (Å²) in [6.07, 6.45) is 3.06. The quantitative estimate of drug-likeness (QED) is 0.902. The average molecular weight is 297 g/mol. The second-order valence-electron chi connectivity index (χ2n) is 4.12. The highest BCUT2D eigenvalue weighted by molar-refractivity contribution is 6.17. The van der Waals surface area contributed by atoms with Crippen LogP contribution in [0.25, 0.3) is 0 Å². The first kappa shape index (κ1) is 15.2. The van der Waals surface area contributed by atoms with E-state index in [2.05, 4.69) is 15.6 Å². The molecule has 0 aliphatic heterocycles. The molecule has 0 bridgehead atoms. The van der Waals surface area contributed by atoms with Gasteiger partial charge in [0.2, 0.25) is 6.29 Å². The van der Waals surface area contributed by atoms with E-state index < -0.39 is 12.1 Å². The Morgan fingerprint density at radius 1 is 1.05 bits per heavy atom. The normalized spacial score (nSPS) is 9.64. The zero-order valence-electron chi connectivity index (χ0n) is 11.5. The highest BCUT2D eigenvalue weighted by Crippen LogP contribution is 2.15. The number of imide groups is 1. The molecule has 2 rings (SSSR count). The molecule has 4 amide bonds. The topological polar surface area (TPSA) is 91.4 Å². The number of nitrogens with zero attached hydrogens (tertiary/aromatic N) is 2. The predicted molar refractivity (Wildman–Crippen MR) is 81.3 cm³/mol. The van der Waals surface area contributed by atoms with Gasteiger partial charge in [-0.3, -0.25) is 10.1 Å². The minimum atomic E-state index is -0.733. The molecule has 22 heavy (non-hydrogen) atoms. The minimum Gasteiger partial charge on any atom is -0.330 e. The van der Waals surface area contributed by atoms with Gasteiger partial charge in [-0.15, -0.1) is 0 Å². The smallest absolute Gasteiger partial charge is 0.330 e. The van der Waals surface area contributed by atoms with E-state index in [-0.39, 0.29) is 6.54 Å². The van der Waals surface area contributed by atoms with Crippen LogP contribution in [-0.2, 0) is 4.79 Å². The lowest BCUT2D eigenvalue weighted by atomic mass is 10.3. The fraction of sp³-hybridized carbons (Fsp3) is 0.0667. The number of carbonyl (C=O) groups is 2. The standard InChI is InChI=1S/C15H13N4O3/c20-11-10-17-14(21)19(12-6-2-1-3-7-12)15(22)18-13-8-4-5-9-16-13/h1-9H,10H2,(H,17,21)(H,16,18,22). The van der Waals surface area contributed by atoms with Gasteiger partial charge in [0.1, 0.15) is 5.82 Å². The molecule has 0 aliphatic carbocycles. The van der Waals surface area contributed by atoms with E-state index in [4.69, 9.17) is 0 Å². The number of hydrogen-bond donors (Lipinski definition) is 2. The Bertz CT molecular complexity index is 646. The number of nitrogens with one attached hydrogen (secondary N) is 2. The number of hydrogen-bond acceptors (Lipinski definition) is 4. The lowest BCUT2D eigenvalue weighted by Crippen LogP contribution is -2.46. The maximum absolute atomic E-state index is 12.3. The summed E-state index contributed by atoms with van der Waals surface area (Å²) in [7, 11) is 0. The van der Waals surface area contributed by atoms with E-state index in [0.29, 0.717) is 11.5 Å². The predicted octanol–water partition coefficient (Wildman–Crippen LogP) is 1.94. The van der Waals surface area contributed by atoms with Gasteiger partial charge in [-0.05, 0) is 24.3 Å². The molecule has 2 aromatic rings. The molecular weight excluding hydrogens is 284 g/mol. The first-order chi connectivity index (χ1) is 10.7. The van der Waals surface area contributed by atoms with E-state index >= 15 is 0 Å². The van der Waals surface area contributed by atoms with Crippen LogP contribution in [0.5, 0.6) is 0 Å². The number of pyridine rings is 1. The van der Waals surface area contributed by atoms with Gasteiger partial charge in [0.15, 0.2) is 0 Å². The highest BCUT2D eigenvalue weighted by Gasteiger charge is 2.23. The van der Waals surface area contributed by atoms with Crippen molar-refractivity contribution < 1.29 is 14.4 Å². The maximum Gasteiger partial charge on any atom is 0.335 e. The number of benzene rings is 1. The summed E-state index contributed by atoms with van der Waals surface area (Å²) < 4.78 is 0. The number of carbonyl (C=O) groups excluding carboxylic acids is 3. The summed E-state index contributed by atoms with van der Waals surface area (Å²) in [5, 5.41) is 4.79. The van der Waals surface area contributed by atoms with Crippen LogP contribution in [0.1, 0.15) is 0 Å². The van der Waals surface area contributed by atoms with Gasteiger partial charge in [0.25, 0.3) is 0 Å². The summed E-state index contributed by atoms with van der Waals surface area (Å²) in [6, 6.07) is 11.9. The Balaban J connectivity index is 2.22. The molecule has 1 aromatic heterocycles. The molecule has 2 N–H and O–H groups in total.